The van der Waals surface area contributed by atoms with Gasteiger partial charge in [-0.05, 0) is 60.4 Å². The molecule has 1 heterocycles. The average Bonchev–Trinajstić information content (AvgIpc) is 2.75. The topological polar surface area (TPSA) is 63.2 Å². The van der Waals surface area contributed by atoms with Crippen molar-refractivity contribution >= 4 is 17.3 Å². The molecule has 0 bridgehead atoms. The van der Waals surface area contributed by atoms with Gasteiger partial charge in [-0.25, -0.2) is 4.98 Å². The number of nitrogens with zero attached hydrogens (tertiary/aromatic N) is 1. The Morgan fingerprint density at radius 2 is 1.79 bits per heavy atom. The van der Waals surface area contributed by atoms with Gasteiger partial charge in [-0.2, -0.15) is 0 Å². The fourth-order valence-electron chi connectivity index (χ4n) is 2.83. The van der Waals surface area contributed by atoms with Gasteiger partial charge < -0.3 is 15.4 Å². The van der Waals surface area contributed by atoms with Gasteiger partial charge in [0.25, 0.3) is 5.91 Å². The Bertz CT molecular complexity index is 906. The van der Waals surface area contributed by atoms with E-state index >= 15 is 0 Å². The van der Waals surface area contributed by atoms with Crippen molar-refractivity contribution < 1.29 is 9.53 Å². The van der Waals surface area contributed by atoms with Crippen molar-refractivity contribution in [1.29, 1.82) is 0 Å². The van der Waals surface area contributed by atoms with Crippen LogP contribution in [0.1, 0.15) is 28.5 Å². The smallest absolute Gasteiger partial charge is 0.274 e. The minimum Gasteiger partial charge on any atom is -0.497 e. The molecule has 144 valence electrons. The molecule has 0 spiro atoms. The molecule has 0 aliphatic rings. The Morgan fingerprint density at radius 1 is 1.00 bits per heavy atom. The summed E-state index contributed by atoms with van der Waals surface area (Å²) in [5.41, 5.74) is 4.47. The van der Waals surface area contributed by atoms with Crippen LogP contribution in [0.2, 0.25) is 0 Å². The molecule has 3 rings (SSSR count). The quantitative estimate of drug-likeness (QED) is 0.606. The van der Waals surface area contributed by atoms with E-state index in [-0.39, 0.29) is 5.91 Å². The van der Waals surface area contributed by atoms with E-state index in [9.17, 15) is 4.79 Å². The van der Waals surface area contributed by atoms with E-state index in [0.717, 1.165) is 36.5 Å². The van der Waals surface area contributed by atoms with Gasteiger partial charge >= 0.3 is 0 Å². The summed E-state index contributed by atoms with van der Waals surface area (Å²) in [5, 5.41) is 6.19. The summed E-state index contributed by atoms with van der Waals surface area (Å²) < 4.78 is 5.24. The molecule has 2 aromatic carbocycles. The van der Waals surface area contributed by atoms with Crippen LogP contribution in [0.3, 0.4) is 0 Å². The lowest BCUT2D eigenvalue weighted by Crippen LogP contribution is -2.14. The first-order valence-corrected chi connectivity index (χ1v) is 9.41. The first-order valence-electron chi connectivity index (χ1n) is 9.41. The summed E-state index contributed by atoms with van der Waals surface area (Å²) >= 11 is 0. The largest absolute Gasteiger partial charge is 0.497 e. The van der Waals surface area contributed by atoms with Crippen molar-refractivity contribution in [3.8, 4) is 5.75 Å². The molecule has 0 atom stereocenters. The third-order valence-corrected chi connectivity index (χ3v) is 4.49. The van der Waals surface area contributed by atoms with Crippen LogP contribution in [0.15, 0.2) is 66.9 Å². The molecule has 0 saturated carbocycles. The summed E-state index contributed by atoms with van der Waals surface area (Å²) in [6, 6.07) is 19.5. The monoisotopic (exact) mass is 375 g/mol. The number of methoxy groups -OCH3 is 1. The van der Waals surface area contributed by atoms with Crippen LogP contribution in [0.4, 0.5) is 11.4 Å². The molecule has 3 aromatic rings. The van der Waals surface area contributed by atoms with Crippen molar-refractivity contribution in [2.24, 2.45) is 0 Å². The van der Waals surface area contributed by atoms with Gasteiger partial charge in [0.05, 0.1) is 19.0 Å². The van der Waals surface area contributed by atoms with Gasteiger partial charge in [0.15, 0.2) is 0 Å². The Morgan fingerprint density at radius 3 is 2.46 bits per heavy atom. The van der Waals surface area contributed by atoms with Crippen molar-refractivity contribution in [1.82, 2.24) is 4.98 Å². The molecule has 0 fully saturated rings. The molecule has 0 aliphatic heterocycles. The Kier molecular flexibility index (Phi) is 6.63. The van der Waals surface area contributed by atoms with Crippen molar-refractivity contribution in [2.45, 2.75) is 19.8 Å². The van der Waals surface area contributed by atoms with E-state index < -0.39 is 0 Å². The van der Waals surface area contributed by atoms with Gasteiger partial charge in [-0.15, -0.1) is 0 Å². The number of rotatable bonds is 8. The zero-order chi connectivity index (χ0) is 19.8. The van der Waals surface area contributed by atoms with Gasteiger partial charge in [0.1, 0.15) is 11.4 Å². The van der Waals surface area contributed by atoms with E-state index in [1.165, 1.54) is 11.1 Å². The second kappa shape index (κ2) is 9.55. The Balaban J connectivity index is 1.51. The summed E-state index contributed by atoms with van der Waals surface area (Å²) in [4.78, 5) is 16.6. The van der Waals surface area contributed by atoms with E-state index in [1.54, 1.807) is 19.4 Å². The number of aryl methyl sites for hydroxylation is 1. The second-order valence-corrected chi connectivity index (χ2v) is 6.47. The standard InChI is InChI=1S/C23H25N3O2/c1-3-17-7-9-19(10-8-17)26-23(27)22-12-11-20(16-25-22)24-14-13-18-5-4-6-21(15-18)28-2/h4-12,15-16,24H,3,13-14H2,1-2H3,(H,26,27). The van der Waals surface area contributed by atoms with E-state index in [0.29, 0.717) is 5.69 Å². The number of pyridine rings is 1. The highest BCUT2D eigenvalue weighted by Gasteiger charge is 2.07. The molecule has 0 aliphatic carbocycles. The number of aromatic nitrogens is 1. The number of anilines is 2. The predicted octanol–water partition coefficient (Wildman–Crippen LogP) is 4.56. The highest BCUT2D eigenvalue weighted by Crippen LogP contribution is 2.14. The fraction of sp³-hybridized carbons (Fsp3) is 0.217. The third kappa shape index (κ3) is 5.33. The molecule has 1 amide bonds. The Labute approximate surface area is 165 Å². The predicted molar refractivity (Wildman–Crippen MR) is 113 cm³/mol. The molecule has 5 nitrogen and oxygen atoms in total. The highest BCUT2D eigenvalue weighted by molar-refractivity contribution is 6.02. The minimum absolute atomic E-state index is 0.216. The maximum Gasteiger partial charge on any atom is 0.274 e. The molecular weight excluding hydrogens is 350 g/mol. The van der Waals surface area contributed by atoms with Crippen LogP contribution in [-0.4, -0.2) is 24.5 Å². The number of carbonyl (C=O) groups is 1. The summed E-state index contributed by atoms with van der Waals surface area (Å²) in [6.07, 6.45) is 3.52. The van der Waals surface area contributed by atoms with Gasteiger partial charge in [-0.3, -0.25) is 4.79 Å². The van der Waals surface area contributed by atoms with Gasteiger partial charge in [0, 0.05) is 12.2 Å². The maximum absolute atomic E-state index is 12.3. The summed E-state index contributed by atoms with van der Waals surface area (Å²) in [7, 11) is 1.67. The number of hydrogen-bond acceptors (Lipinski definition) is 4. The van der Waals surface area contributed by atoms with Crippen LogP contribution >= 0.6 is 0 Å². The van der Waals surface area contributed by atoms with Crippen molar-refractivity contribution in [3.05, 3.63) is 83.7 Å². The van der Waals surface area contributed by atoms with Gasteiger partial charge in [-0.1, -0.05) is 31.2 Å². The molecule has 5 heteroatoms. The van der Waals surface area contributed by atoms with Crippen LogP contribution in [0.5, 0.6) is 5.75 Å². The summed E-state index contributed by atoms with van der Waals surface area (Å²) in [6.45, 7) is 2.87. The number of ether oxygens (including phenoxy) is 1. The number of amides is 1. The molecule has 1 aromatic heterocycles. The minimum atomic E-state index is -0.216. The van der Waals surface area contributed by atoms with Crippen LogP contribution in [-0.2, 0) is 12.8 Å². The molecule has 2 N–H and O–H groups in total. The zero-order valence-electron chi connectivity index (χ0n) is 16.2. The van der Waals surface area contributed by atoms with Crippen LogP contribution in [0.25, 0.3) is 0 Å². The molecule has 28 heavy (non-hydrogen) atoms. The zero-order valence-corrected chi connectivity index (χ0v) is 16.2. The summed E-state index contributed by atoms with van der Waals surface area (Å²) in [5.74, 6) is 0.644. The van der Waals surface area contributed by atoms with E-state index in [2.05, 4.69) is 28.6 Å². The molecule has 0 radical (unpaired) electrons. The SMILES string of the molecule is CCc1ccc(NC(=O)c2ccc(NCCc3cccc(OC)c3)cn2)cc1. The number of hydrogen-bond donors (Lipinski definition) is 2. The third-order valence-electron chi connectivity index (χ3n) is 4.49. The molecule has 0 unspecified atom stereocenters. The maximum atomic E-state index is 12.3. The average molecular weight is 375 g/mol. The van der Waals surface area contributed by atoms with Crippen LogP contribution in [0, 0.1) is 0 Å². The first-order chi connectivity index (χ1) is 13.7. The number of benzene rings is 2. The molecule has 0 saturated heterocycles. The van der Waals surface area contributed by atoms with E-state index in [4.69, 9.17) is 4.74 Å². The van der Waals surface area contributed by atoms with E-state index in [1.807, 2.05) is 48.5 Å². The second-order valence-electron chi connectivity index (χ2n) is 6.47. The lowest BCUT2D eigenvalue weighted by molar-refractivity contribution is 0.102. The van der Waals surface area contributed by atoms with Crippen molar-refractivity contribution in [3.63, 3.8) is 0 Å². The lowest BCUT2D eigenvalue weighted by Gasteiger charge is -2.09. The Hall–Kier alpha value is -3.34. The van der Waals surface area contributed by atoms with Gasteiger partial charge in [0.2, 0.25) is 0 Å². The normalized spacial score (nSPS) is 10.4. The number of carbonyl (C=O) groups excluding carboxylic acids is 1. The molecular formula is C23H25N3O2. The van der Waals surface area contributed by atoms with Crippen molar-refractivity contribution in [2.75, 3.05) is 24.3 Å². The highest BCUT2D eigenvalue weighted by atomic mass is 16.5. The number of nitrogens with one attached hydrogen (secondary N) is 2. The lowest BCUT2D eigenvalue weighted by atomic mass is 10.1. The fourth-order valence-corrected chi connectivity index (χ4v) is 2.83. The first kappa shape index (κ1) is 19.4. The van der Waals surface area contributed by atoms with Crippen LogP contribution < -0.4 is 15.4 Å².